The van der Waals surface area contributed by atoms with Crippen molar-refractivity contribution in [3.05, 3.63) is 0 Å². The van der Waals surface area contributed by atoms with Gasteiger partial charge >= 0.3 is 5.97 Å². The van der Waals surface area contributed by atoms with Gasteiger partial charge in [0, 0.05) is 0 Å². The second-order valence-electron chi connectivity index (χ2n) is 3.04. The number of carbonyl (C=O) groups is 1. The number of carbonyl (C=O) groups excluding carboxylic acids is 1. The van der Waals surface area contributed by atoms with Crippen LogP contribution < -0.4 is 0 Å². The van der Waals surface area contributed by atoms with Crippen molar-refractivity contribution in [1.29, 1.82) is 5.26 Å². The summed E-state index contributed by atoms with van der Waals surface area (Å²) in [5.74, 6) is 0.512. The zero-order valence-electron chi connectivity index (χ0n) is 6.54. The molecular formula is C8H11NO2. The van der Waals surface area contributed by atoms with Crippen LogP contribution in [0.5, 0.6) is 0 Å². The number of esters is 1. The molecule has 0 unspecified atom stereocenters. The van der Waals surface area contributed by atoms with Crippen LogP contribution in [-0.4, -0.2) is 12.6 Å². The highest BCUT2D eigenvalue weighted by Crippen LogP contribution is 2.33. The number of nitrogens with zero attached hydrogens (tertiary/aromatic N) is 1. The molecule has 0 amide bonds. The molecule has 1 fully saturated rings. The van der Waals surface area contributed by atoms with Gasteiger partial charge in [-0.25, -0.2) is 0 Å². The number of hydrogen-bond acceptors (Lipinski definition) is 3. The summed E-state index contributed by atoms with van der Waals surface area (Å²) in [6, 6.07) is 1.77. The lowest BCUT2D eigenvalue weighted by atomic mass is 9.76. The minimum Gasteiger partial charge on any atom is -0.450 e. The van der Waals surface area contributed by atoms with E-state index in [-0.39, 0.29) is 18.5 Å². The second kappa shape index (κ2) is 3.38. The Kier molecular flexibility index (Phi) is 2.48. The van der Waals surface area contributed by atoms with Gasteiger partial charge in [-0.05, 0) is 18.8 Å². The maximum atomic E-state index is 11.0. The molecule has 0 aromatic carbocycles. The number of hydrogen-bond donors (Lipinski definition) is 0. The molecule has 1 saturated carbocycles. The number of rotatable bonds is 2. The highest BCUT2D eigenvalue weighted by atomic mass is 16.5. The van der Waals surface area contributed by atoms with Gasteiger partial charge in [-0.1, -0.05) is 6.92 Å². The Labute approximate surface area is 66.0 Å². The summed E-state index contributed by atoms with van der Waals surface area (Å²) in [5, 5.41) is 8.11. The highest BCUT2D eigenvalue weighted by molar-refractivity contribution is 5.73. The van der Waals surface area contributed by atoms with Crippen LogP contribution >= 0.6 is 0 Å². The zero-order valence-corrected chi connectivity index (χ0v) is 6.54. The Morgan fingerprint density at radius 1 is 1.73 bits per heavy atom. The van der Waals surface area contributed by atoms with E-state index in [1.165, 1.54) is 0 Å². The Bertz CT molecular complexity index is 189. The van der Waals surface area contributed by atoms with E-state index in [9.17, 15) is 4.79 Å². The molecule has 1 aliphatic rings. The summed E-state index contributed by atoms with van der Waals surface area (Å²) in [7, 11) is 0. The number of ether oxygens (including phenoxy) is 1. The van der Waals surface area contributed by atoms with Gasteiger partial charge in [0.1, 0.15) is 6.07 Å². The molecule has 0 saturated heterocycles. The van der Waals surface area contributed by atoms with E-state index in [4.69, 9.17) is 5.26 Å². The van der Waals surface area contributed by atoms with Gasteiger partial charge in [-0.15, -0.1) is 0 Å². The fourth-order valence-corrected chi connectivity index (χ4v) is 1.32. The molecule has 0 aromatic rings. The molecular weight excluding hydrogens is 142 g/mol. The zero-order chi connectivity index (χ0) is 8.27. The molecule has 0 N–H and O–H groups in total. The lowest BCUT2D eigenvalue weighted by Crippen LogP contribution is -2.30. The van der Waals surface area contributed by atoms with Crippen LogP contribution in [0.2, 0.25) is 0 Å². The van der Waals surface area contributed by atoms with Crippen molar-refractivity contribution in [1.82, 2.24) is 0 Å². The number of nitriles is 1. The van der Waals surface area contributed by atoms with Crippen LogP contribution in [-0.2, 0) is 9.53 Å². The van der Waals surface area contributed by atoms with Crippen molar-refractivity contribution in [2.45, 2.75) is 19.8 Å². The SMILES string of the molecule is CC1CC(C(=O)OCC#N)C1. The average molecular weight is 153 g/mol. The third kappa shape index (κ3) is 1.94. The minimum atomic E-state index is -0.204. The van der Waals surface area contributed by atoms with Crippen LogP contribution in [0.1, 0.15) is 19.8 Å². The van der Waals surface area contributed by atoms with E-state index in [1.54, 1.807) is 6.07 Å². The van der Waals surface area contributed by atoms with E-state index in [0.29, 0.717) is 5.92 Å². The molecule has 3 heteroatoms. The fourth-order valence-electron chi connectivity index (χ4n) is 1.32. The molecule has 0 atom stereocenters. The summed E-state index contributed by atoms with van der Waals surface area (Å²) < 4.78 is 4.64. The Hall–Kier alpha value is -1.04. The summed E-state index contributed by atoms with van der Waals surface area (Å²) in [5.41, 5.74) is 0. The molecule has 0 radical (unpaired) electrons. The van der Waals surface area contributed by atoms with Gasteiger partial charge < -0.3 is 4.74 Å². The maximum Gasteiger partial charge on any atom is 0.309 e. The van der Waals surface area contributed by atoms with Gasteiger partial charge in [0.2, 0.25) is 0 Å². The summed E-state index contributed by atoms with van der Waals surface area (Å²) in [4.78, 5) is 11.0. The molecule has 1 rings (SSSR count). The molecule has 11 heavy (non-hydrogen) atoms. The first-order valence-electron chi connectivity index (χ1n) is 3.77. The van der Waals surface area contributed by atoms with E-state index in [1.807, 2.05) is 0 Å². The molecule has 0 bridgehead atoms. The quantitative estimate of drug-likeness (QED) is 0.558. The van der Waals surface area contributed by atoms with E-state index >= 15 is 0 Å². The van der Waals surface area contributed by atoms with Crippen molar-refractivity contribution in [2.75, 3.05) is 6.61 Å². The first kappa shape index (κ1) is 8.06. The summed E-state index contributed by atoms with van der Waals surface area (Å²) in [6.07, 6.45) is 1.84. The van der Waals surface area contributed by atoms with Crippen molar-refractivity contribution in [2.24, 2.45) is 11.8 Å². The predicted octanol–water partition coefficient (Wildman–Crippen LogP) is 1.10. The molecule has 60 valence electrons. The average Bonchev–Trinajstić information content (AvgIpc) is 1.94. The Morgan fingerprint density at radius 2 is 2.36 bits per heavy atom. The van der Waals surface area contributed by atoms with Crippen molar-refractivity contribution in [3.63, 3.8) is 0 Å². The smallest absolute Gasteiger partial charge is 0.309 e. The highest BCUT2D eigenvalue weighted by Gasteiger charge is 2.32. The lowest BCUT2D eigenvalue weighted by Gasteiger charge is -2.29. The van der Waals surface area contributed by atoms with Crippen LogP contribution in [0.15, 0.2) is 0 Å². The van der Waals surface area contributed by atoms with Gasteiger partial charge in [0.25, 0.3) is 0 Å². The minimum absolute atomic E-state index is 0.0679. The summed E-state index contributed by atoms with van der Waals surface area (Å²) in [6.45, 7) is 2.00. The van der Waals surface area contributed by atoms with E-state index < -0.39 is 0 Å². The lowest BCUT2D eigenvalue weighted by molar-refractivity contribution is -0.151. The largest absolute Gasteiger partial charge is 0.450 e. The molecule has 0 heterocycles. The molecule has 1 aliphatic carbocycles. The maximum absolute atomic E-state index is 11.0. The predicted molar refractivity (Wildman–Crippen MR) is 38.5 cm³/mol. The van der Waals surface area contributed by atoms with Gasteiger partial charge in [-0.2, -0.15) is 5.26 Å². The summed E-state index contributed by atoms with van der Waals surface area (Å²) >= 11 is 0. The van der Waals surface area contributed by atoms with E-state index in [0.717, 1.165) is 12.8 Å². The normalized spacial score (nSPS) is 28.4. The van der Waals surface area contributed by atoms with E-state index in [2.05, 4.69) is 11.7 Å². The topological polar surface area (TPSA) is 50.1 Å². The van der Waals surface area contributed by atoms with Gasteiger partial charge in [0.05, 0.1) is 5.92 Å². The van der Waals surface area contributed by atoms with Crippen molar-refractivity contribution in [3.8, 4) is 6.07 Å². The van der Waals surface area contributed by atoms with Crippen LogP contribution in [0.4, 0.5) is 0 Å². The third-order valence-corrected chi connectivity index (χ3v) is 1.99. The molecule has 0 spiro atoms. The van der Waals surface area contributed by atoms with Crippen molar-refractivity contribution >= 4 is 5.97 Å². The van der Waals surface area contributed by atoms with Crippen LogP contribution in [0, 0.1) is 23.2 Å². The molecule has 0 aromatic heterocycles. The Morgan fingerprint density at radius 3 is 2.82 bits per heavy atom. The Balaban J connectivity index is 2.17. The first-order valence-corrected chi connectivity index (χ1v) is 3.77. The molecule has 3 nitrogen and oxygen atoms in total. The van der Waals surface area contributed by atoms with Gasteiger partial charge in [-0.3, -0.25) is 4.79 Å². The van der Waals surface area contributed by atoms with Crippen LogP contribution in [0.25, 0.3) is 0 Å². The van der Waals surface area contributed by atoms with Gasteiger partial charge in [0.15, 0.2) is 6.61 Å². The van der Waals surface area contributed by atoms with Crippen molar-refractivity contribution < 1.29 is 9.53 Å². The monoisotopic (exact) mass is 153 g/mol. The second-order valence-corrected chi connectivity index (χ2v) is 3.04. The molecule has 0 aliphatic heterocycles. The third-order valence-electron chi connectivity index (χ3n) is 1.99. The standard InChI is InChI=1S/C8H11NO2/c1-6-4-7(5-6)8(10)11-3-2-9/h6-7H,3-5H2,1H3. The van der Waals surface area contributed by atoms with Crippen LogP contribution in [0.3, 0.4) is 0 Å². The first-order chi connectivity index (χ1) is 5.24. The fraction of sp³-hybridized carbons (Fsp3) is 0.750.